The summed E-state index contributed by atoms with van der Waals surface area (Å²) in [5, 5.41) is 0. The molecule has 1 aliphatic heterocycles. The second-order valence-corrected chi connectivity index (χ2v) is 10.9. The van der Waals surface area contributed by atoms with Crippen LogP contribution >= 0.6 is 0 Å². The molecule has 6 rings (SSSR count). The summed E-state index contributed by atoms with van der Waals surface area (Å²) in [5.74, 6) is 1.38. The summed E-state index contributed by atoms with van der Waals surface area (Å²) in [6.07, 6.45) is 4.41. The Morgan fingerprint density at radius 1 is 1.08 bits per heavy atom. The molecule has 1 aromatic carbocycles. The van der Waals surface area contributed by atoms with E-state index in [0.717, 1.165) is 41.1 Å². The fourth-order valence-electron chi connectivity index (χ4n) is 6.11. The van der Waals surface area contributed by atoms with Gasteiger partial charge in [0.05, 0.1) is 16.8 Å². The van der Waals surface area contributed by atoms with Crippen LogP contribution in [0.25, 0.3) is 11.2 Å². The number of hydrogen-bond donors (Lipinski definition) is 0. The summed E-state index contributed by atoms with van der Waals surface area (Å²) >= 11 is 0. The average Bonchev–Trinajstić information content (AvgIpc) is 3.58. The molecule has 3 atom stereocenters. The molecule has 0 bridgehead atoms. The Morgan fingerprint density at radius 2 is 1.87 bits per heavy atom. The average molecular weight is 542 g/mol. The van der Waals surface area contributed by atoms with Crippen LogP contribution < -0.4 is 5.69 Å². The topological polar surface area (TPSA) is 47.5 Å². The summed E-state index contributed by atoms with van der Waals surface area (Å²) in [5.41, 5.74) is 0.144. The molecule has 1 saturated carbocycles. The molecule has 3 aromatic heterocycles. The lowest BCUT2D eigenvalue weighted by Gasteiger charge is -2.34. The van der Waals surface area contributed by atoms with Crippen LogP contribution in [0.4, 0.5) is 17.6 Å². The van der Waals surface area contributed by atoms with Crippen molar-refractivity contribution >= 4 is 5.52 Å². The van der Waals surface area contributed by atoms with Gasteiger partial charge in [0, 0.05) is 56.9 Å². The zero-order valence-electron chi connectivity index (χ0n) is 21.9. The number of pyridine rings is 1. The van der Waals surface area contributed by atoms with Crippen molar-refractivity contribution in [2.75, 3.05) is 13.1 Å². The number of hydrogen-bond acceptors (Lipinski definition) is 3. The van der Waals surface area contributed by atoms with Gasteiger partial charge < -0.3 is 4.57 Å². The van der Waals surface area contributed by atoms with Crippen molar-refractivity contribution < 1.29 is 17.6 Å². The fourth-order valence-corrected chi connectivity index (χ4v) is 6.11. The molecule has 1 aliphatic carbocycles. The second kappa shape index (κ2) is 9.66. The third kappa shape index (κ3) is 4.58. The van der Waals surface area contributed by atoms with Gasteiger partial charge >= 0.3 is 11.9 Å². The summed E-state index contributed by atoms with van der Waals surface area (Å²) in [6, 6.07) is 8.10. The molecule has 2 aliphatic rings. The molecular formula is C29H31F4N5O. The normalized spacial score (nSPS) is 20.4. The van der Waals surface area contributed by atoms with Crippen LogP contribution in [0.3, 0.4) is 0 Å². The van der Waals surface area contributed by atoms with Crippen LogP contribution in [-0.4, -0.2) is 42.7 Å². The SMILES string of the molecule is CC(c1cc(C(F)(F)F)c2cn(-c3cccc([C@H](c4nccn4C)C4CCC4)c3)c(=O)n2c1)N1CC[C@H](F)C1. The van der Waals surface area contributed by atoms with Gasteiger partial charge in [-0.1, -0.05) is 18.6 Å². The zero-order chi connectivity index (χ0) is 27.5. The summed E-state index contributed by atoms with van der Waals surface area (Å²) in [6.45, 7) is 2.38. The standard InChI is InChI=1S/C29H31F4N5O/c1-18(36-11-9-22(30)16-36)21-14-24(29(31,32)33)25-17-37(28(39)38(25)15-21)23-8-4-7-20(13-23)26(19-5-3-6-19)27-34-10-12-35(27)2/h4,7-8,10,12-15,17-19,22,26H,3,5-6,9,11,16H2,1-2H3/t18?,22-,26+/m0/s1. The second-order valence-electron chi connectivity index (χ2n) is 10.9. The third-order valence-electron chi connectivity index (χ3n) is 8.55. The van der Waals surface area contributed by atoms with Crippen molar-refractivity contribution in [3.63, 3.8) is 0 Å². The quantitative estimate of drug-likeness (QED) is 0.287. The fraction of sp³-hybridized carbons (Fsp3) is 0.448. The van der Waals surface area contributed by atoms with Gasteiger partial charge in [0.25, 0.3) is 0 Å². The predicted octanol–water partition coefficient (Wildman–Crippen LogP) is 5.88. The van der Waals surface area contributed by atoms with Gasteiger partial charge in [-0.3, -0.25) is 13.9 Å². The van der Waals surface area contributed by atoms with Gasteiger partial charge in [0.15, 0.2) is 0 Å². The number of imidazole rings is 2. The van der Waals surface area contributed by atoms with E-state index < -0.39 is 29.6 Å². The Labute approximate surface area is 223 Å². The molecule has 6 nitrogen and oxygen atoms in total. The van der Waals surface area contributed by atoms with Crippen LogP contribution in [0, 0.1) is 5.92 Å². The Morgan fingerprint density at radius 3 is 2.49 bits per heavy atom. The number of likely N-dealkylation sites (tertiary alicyclic amines) is 1. The molecule has 39 heavy (non-hydrogen) atoms. The van der Waals surface area contributed by atoms with Crippen molar-refractivity contribution in [3.8, 4) is 5.69 Å². The lowest BCUT2D eigenvalue weighted by Crippen LogP contribution is -2.26. The first-order valence-corrected chi connectivity index (χ1v) is 13.4. The van der Waals surface area contributed by atoms with Crippen LogP contribution in [0.15, 0.2) is 59.9 Å². The molecule has 1 saturated heterocycles. The molecule has 0 spiro atoms. The van der Waals surface area contributed by atoms with Gasteiger partial charge in [0.1, 0.15) is 12.0 Å². The van der Waals surface area contributed by atoms with E-state index in [0.29, 0.717) is 30.1 Å². The number of alkyl halides is 4. The zero-order valence-corrected chi connectivity index (χ0v) is 21.9. The number of rotatable bonds is 6. The Balaban J connectivity index is 1.45. The van der Waals surface area contributed by atoms with Crippen LogP contribution in [0.5, 0.6) is 0 Å². The van der Waals surface area contributed by atoms with E-state index in [2.05, 4.69) is 4.98 Å². The Hall–Kier alpha value is -3.40. The first kappa shape index (κ1) is 25.9. The summed E-state index contributed by atoms with van der Waals surface area (Å²) < 4.78 is 60.9. The largest absolute Gasteiger partial charge is 0.418 e. The predicted molar refractivity (Wildman–Crippen MR) is 140 cm³/mol. The van der Waals surface area contributed by atoms with Crippen molar-refractivity contribution in [3.05, 3.63) is 88.1 Å². The Kier molecular flexibility index (Phi) is 6.40. The molecule has 0 amide bonds. The van der Waals surface area contributed by atoms with Crippen LogP contribution in [0.1, 0.15) is 67.1 Å². The van der Waals surface area contributed by atoms with E-state index in [1.165, 1.54) is 17.0 Å². The monoisotopic (exact) mass is 541 g/mol. The van der Waals surface area contributed by atoms with Crippen molar-refractivity contribution in [1.29, 1.82) is 0 Å². The number of halogens is 4. The van der Waals surface area contributed by atoms with E-state index in [4.69, 9.17) is 0 Å². The summed E-state index contributed by atoms with van der Waals surface area (Å²) in [4.78, 5) is 20.0. The summed E-state index contributed by atoms with van der Waals surface area (Å²) in [7, 11) is 1.95. The first-order chi connectivity index (χ1) is 18.6. The van der Waals surface area contributed by atoms with Gasteiger partial charge in [-0.15, -0.1) is 0 Å². The van der Waals surface area contributed by atoms with Crippen molar-refractivity contribution in [2.24, 2.45) is 13.0 Å². The molecule has 4 heterocycles. The van der Waals surface area contributed by atoms with Crippen LogP contribution in [-0.2, 0) is 13.2 Å². The minimum atomic E-state index is -4.66. The molecular weight excluding hydrogens is 510 g/mol. The van der Waals surface area contributed by atoms with Crippen molar-refractivity contribution in [2.45, 2.75) is 56.9 Å². The maximum Gasteiger partial charge on any atom is 0.418 e. The molecule has 2 fully saturated rings. The van der Waals surface area contributed by atoms with Crippen LogP contribution in [0.2, 0.25) is 0 Å². The number of benzene rings is 1. The van der Waals surface area contributed by atoms with Gasteiger partial charge in [-0.25, -0.2) is 14.2 Å². The molecule has 0 N–H and O–H groups in total. The maximum absolute atomic E-state index is 14.2. The molecule has 1 unspecified atom stereocenters. The van der Waals surface area contributed by atoms with Gasteiger partial charge in [0.2, 0.25) is 0 Å². The van der Waals surface area contributed by atoms with E-state index in [-0.39, 0.29) is 18.0 Å². The number of nitrogens with zero attached hydrogens (tertiary/aromatic N) is 5. The van der Waals surface area contributed by atoms with Gasteiger partial charge in [-0.05, 0) is 61.4 Å². The molecule has 0 radical (unpaired) electrons. The van der Waals surface area contributed by atoms with E-state index >= 15 is 0 Å². The highest BCUT2D eigenvalue weighted by molar-refractivity contribution is 5.58. The van der Waals surface area contributed by atoms with E-state index in [1.807, 2.05) is 40.9 Å². The first-order valence-electron chi connectivity index (χ1n) is 13.4. The highest BCUT2D eigenvalue weighted by Crippen LogP contribution is 2.43. The van der Waals surface area contributed by atoms with E-state index in [9.17, 15) is 22.4 Å². The minimum absolute atomic E-state index is 0.0319. The number of aryl methyl sites for hydroxylation is 1. The van der Waals surface area contributed by atoms with Crippen molar-refractivity contribution in [1.82, 2.24) is 23.4 Å². The minimum Gasteiger partial charge on any atom is -0.337 e. The number of fused-ring (bicyclic) bond motifs is 1. The number of aromatic nitrogens is 4. The highest BCUT2D eigenvalue weighted by Gasteiger charge is 2.36. The third-order valence-corrected chi connectivity index (χ3v) is 8.55. The smallest absolute Gasteiger partial charge is 0.337 e. The highest BCUT2D eigenvalue weighted by atomic mass is 19.4. The Bertz CT molecular complexity index is 1560. The van der Waals surface area contributed by atoms with Gasteiger partial charge in [-0.2, -0.15) is 13.2 Å². The lowest BCUT2D eigenvalue weighted by molar-refractivity contribution is -0.136. The molecule has 10 heteroatoms. The molecule has 206 valence electrons. The maximum atomic E-state index is 14.2. The van der Waals surface area contributed by atoms with E-state index in [1.54, 1.807) is 19.2 Å². The molecule has 4 aromatic rings. The lowest BCUT2D eigenvalue weighted by atomic mass is 9.72.